The number of carbonyl (C=O) groups excluding carboxylic acids is 3. The second-order valence-electron chi connectivity index (χ2n) is 4.41. The highest BCUT2D eigenvalue weighted by Crippen LogP contribution is 2.29. The number of esters is 1. The molecular weight excluding hydrogens is 309 g/mol. The van der Waals surface area contributed by atoms with Crippen molar-refractivity contribution in [2.75, 3.05) is 18.9 Å². The fourth-order valence-electron chi connectivity index (χ4n) is 1.90. The third-order valence-electron chi connectivity index (χ3n) is 2.91. The van der Waals surface area contributed by atoms with Crippen LogP contribution in [0, 0.1) is 5.82 Å². The second-order valence-corrected chi connectivity index (χ2v) is 5.40. The topological polar surface area (TPSA) is 63.7 Å². The van der Waals surface area contributed by atoms with Crippen LogP contribution < -0.4 is 0 Å². The number of Topliss-reactive ketones (excluding diaryl/α,β-unsaturated/α-hetero) is 1. The maximum absolute atomic E-state index is 13.6. The summed E-state index contributed by atoms with van der Waals surface area (Å²) in [7, 11) is 0. The molecule has 0 radical (unpaired) electrons. The number of halogens is 1. The Hall–Kier alpha value is -2.15. The van der Waals surface area contributed by atoms with Gasteiger partial charge in [0, 0.05) is 0 Å². The van der Waals surface area contributed by atoms with Gasteiger partial charge in [-0.2, -0.15) is 0 Å². The summed E-state index contributed by atoms with van der Waals surface area (Å²) in [4.78, 5) is 36.6. The molecule has 0 N–H and O–H groups in total. The summed E-state index contributed by atoms with van der Waals surface area (Å²) in [5.74, 6) is -1.91. The fourth-order valence-corrected chi connectivity index (χ4v) is 2.83. The SMILES string of the molecule is CCOC(=O)/C=C1/SCC(=O)N1CC(=O)c1ccccc1F. The van der Waals surface area contributed by atoms with Gasteiger partial charge in [0.25, 0.3) is 0 Å². The molecule has 0 unspecified atom stereocenters. The first-order valence-electron chi connectivity index (χ1n) is 6.62. The molecule has 0 saturated carbocycles. The van der Waals surface area contributed by atoms with Crippen molar-refractivity contribution in [2.45, 2.75) is 6.92 Å². The van der Waals surface area contributed by atoms with Gasteiger partial charge in [0.15, 0.2) is 5.78 Å². The summed E-state index contributed by atoms with van der Waals surface area (Å²) in [5.41, 5.74) is -0.0808. The van der Waals surface area contributed by atoms with E-state index in [9.17, 15) is 18.8 Å². The number of ether oxygens (including phenoxy) is 1. The van der Waals surface area contributed by atoms with Crippen LogP contribution >= 0.6 is 11.8 Å². The van der Waals surface area contributed by atoms with Gasteiger partial charge in [-0.1, -0.05) is 23.9 Å². The average Bonchev–Trinajstić information content (AvgIpc) is 2.81. The monoisotopic (exact) mass is 323 g/mol. The molecule has 7 heteroatoms. The van der Waals surface area contributed by atoms with Crippen LogP contribution in [0.1, 0.15) is 17.3 Å². The highest BCUT2D eigenvalue weighted by molar-refractivity contribution is 8.04. The molecular formula is C15H14FNO4S. The number of nitrogens with zero attached hydrogens (tertiary/aromatic N) is 1. The maximum atomic E-state index is 13.6. The predicted molar refractivity (Wildman–Crippen MR) is 79.6 cm³/mol. The second kappa shape index (κ2) is 7.22. The van der Waals surface area contributed by atoms with E-state index in [-0.39, 0.29) is 30.4 Å². The minimum Gasteiger partial charge on any atom is -0.463 e. The Morgan fingerprint density at radius 3 is 2.82 bits per heavy atom. The van der Waals surface area contributed by atoms with Crippen LogP contribution in [-0.2, 0) is 14.3 Å². The standard InChI is InChI=1S/C15H14FNO4S/c1-2-21-15(20)7-14-17(13(19)9-22-14)8-12(18)10-5-3-4-6-11(10)16/h3-7H,2,8-9H2,1H3/b14-7+. The Balaban J connectivity index is 2.15. The van der Waals surface area contributed by atoms with E-state index in [0.29, 0.717) is 5.03 Å². The van der Waals surface area contributed by atoms with Gasteiger partial charge >= 0.3 is 5.97 Å². The summed E-state index contributed by atoms with van der Waals surface area (Å²) < 4.78 is 18.4. The van der Waals surface area contributed by atoms with E-state index in [1.54, 1.807) is 13.0 Å². The van der Waals surface area contributed by atoms with Crippen LogP contribution in [0.15, 0.2) is 35.4 Å². The lowest BCUT2D eigenvalue weighted by molar-refractivity contribution is -0.137. The molecule has 0 spiro atoms. The molecule has 2 rings (SSSR count). The highest BCUT2D eigenvalue weighted by atomic mass is 32.2. The van der Waals surface area contributed by atoms with Crippen molar-refractivity contribution in [3.05, 3.63) is 46.8 Å². The zero-order valence-corrected chi connectivity index (χ0v) is 12.7. The lowest BCUT2D eigenvalue weighted by atomic mass is 10.1. The van der Waals surface area contributed by atoms with E-state index < -0.39 is 17.6 Å². The van der Waals surface area contributed by atoms with Crippen LogP contribution in [0.3, 0.4) is 0 Å². The van der Waals surface area contributed by atoms with Gasteiger partial charge in [0.2, 0.25) is 5.91 Å². The molecule has 1 fully saturated rings. The van der Waals surface area contributed by atoms with Crippen molar-refractivity contribution in [2.24, 2.45) is 0 Å². The Bertz CT molecular complexity index is 644. The molecule has 1 aliphatic rings. The first-order valence-corrected chi connectivity index (χ1v) is 7.60. The largest absolute Gasteiger partial charge is 0.463 e. The smallest absolute Gasteiger partial charge is 0.333 e. The number of carbonyl (C=O) groups is 3. The third kappa shape index (κ3) is 3.73. The summed E-state index contributed by atoms with van der Waals surface area (Å²) in [6, 6.07) is 5.57. The van der Waals surface area contributed by atoms with Gasteiger partial charge in [0.1, 0.15) is 5.82 Å². The van der Waals surface area contributed by atoms with Crippen molar-refractivity contribution in [3.63, 3.8) is 0 Å². The minimum atomic E-state index is -0.636. The Morgan fingerprint density at radius 2 is 2.14 bits per heavy atom. The number of thioether (sulfide) groups is 1. The number of hydrogen-bond acceptors (Lipinski definition) is 5. The van der Waals surface area contributed by atoms with Gasteiger partial charge in [-0.25, -0.2) is 9.18 Å². The van der Waals surface area contributed by atoms with E-state index in [1.807, 2.05) is 0 Å². The maximum Gasteiger partial charge on any atom is 0.333 e. The van der Waals surface area contributed by atoms with Crippen LogP contribution in [0.2, 0.25) is 0 Å². The number of hydrogen-bond donors (Lipinski definition) is 0. The molecule has 0 aliphatic carbocycles. The average molecular weight is 323 g/mol. The van der Waals surface area contributed by atoms with Crippen molar-refractivity contribution in [3.8, 4) is 0 Å². The number of ketones is 1. The number of amides is 1. The van der Waals surface area contributed by atoms with Crippen LogP contribution in [-0.4, -0.2) is 41.5 Å². The number of benzene rings is 1. The van der Waals surface area contributed by atoms with E-state index in [1.165, 1.54) is 29.2 Å². The zero-order valence-electron chi connectivity index (χ0n) is 11.9. The van der Waals surface area contributed by atoms with Crippen LogP contribution in [0.5, 0.6) is 0 Å². The molecule has 1 aromatic rings. The number of rotatable bonds is 5. The van der Waals surface area contributed by atoms with Crippen molar-refractivity contribution < 1.29 is 23.5 Å². The van der Waals surface area contributed by atoms with Crippen LogP contribution in [0.4, 0.5) is 4.39 Å². The van der Waals surface area contributed by atoms with Gasteiger partial charge in [-0.3, -0.25) is 14.5 Å². The fraction of sp³-hybridized carbons (Fsp3) is 0.267. The minimum absolute atomic E-state index is 0.0808. The first kappa shape index (κ1) is 16.2. The van der Waals surface area contributed by atoms with Gasteiger partial charge < -0.3 is 4.74 Å². The predicted octanol–water partition coefficient (Wildman–Crippen LogP) is 1.99. The summed E-state index contributed by atoms with van der Waals surface area (Å²) >= 11 is 1.14. The molecule has 116 valence electrons. The van der Waals surface area contributed by atoms with E-state index in [0.717, 1.165) is 11.8 Å². The molecule has 1 saturated heterocycles. The van der Waals surface area contributed by atoms with Crippen molar-refractivity contribution >= 4 is 29.4 Å². The normalized spacial score (nSPS) is 16.2. The van der Waals surface area contributed by atoms with E-state index >= 15 is 0 Å². The molecule has 22 heavy (non-hydrogen) atoms. The lowest BCUT2D eigenvalue weighted by Crippen LogP contribution is -2.31. The molecule has 0 atom stereocenters. The van der Waals surface area contributed by atoms with Crippen LogP contribution in [0.25, 0.3) is 0 Å². The Labute approximate surface area is 131 Å². The highest BCUT2D eigenvalue weighted by Gasteiger charge is 2.30. The molecule has 0 aromatic heterocycles. The van der Waals surface area contributed by atoms with E-state index in [2.05, 4.69) is 0 Å². The summed E-state index contributed by atoms with van der Waals surface area (Å²) in [6.45, 7) is 1.58. The first-order chi connectivity index (χ1) is 10.5. The van der Waals surface area contributed by atoms with Crippen molar-refractivity contribution in [1.82, 2.24) is 4.90 Å². The van der Waals surface area contributed by atoms with Crippen molar-refractivity contribution in [1.29, 1.82) is 0 Å². The van der Waals surface area contributed by atoms with Gasteiger partial charge in [-0.15, -0.1) is 0 Å². The molecule has 0 bridgehead atoms. The van der Waals surface area contributed by atoms with Gasteiger partial charge in [0.05, 0.1) is 35.6 Å². The molecule has 1 heterocycles. The Kier molecular flexibility index (Phi) is 5.32. The quantitative estimate of drug-likeness (QED) is 0.471. The summed E-state index contributed by atoms with van der Waals surface area (Å²) in [6.07, 6.45) is 1.17. The molecule has 1 aromatic carbocycles. The van der Waals surface area contributed by atoms with E-state index in [4.69, 9.17) is 4.74 Å². The Morgan fingerprint density at radius 1 is 1.41 bits per heavy atom. The zero-order chi connectivity index (χ0) is 16.1. The lowest BCUT2D eigenvalue weighted by Gasteiger charge is -2.16. The molecule has 5 nitrogen and oxygen atoms in total. The molecule has 1 aliphatic heterocycles. The molecule has 1 amide bonds. The summed E-state index contributed by atoms with van der Waals surface area (Å²) in [5, 5.41) is 0.341. The third-order valence-corrected chi connectivity index (χ3v) is 3.94. The van der Waals surface area contributed by atoms with Gasteiger partial charge in [-0.05, 0) is 19.1 Å².